The van der Waals surface area contributed by atoms with Gasteiger partial charge in [-0.1, -0.05) is 17.7 Å². The van der Waals surface area contributed by atoms with E-state index >= 15 is 0 Å². The fourth-order valence-corrected chi connectivity index (χ4v) is 3.03. The number of amides is 1. The number of hydrogen-bond acceptors (Lipinski definition) is 2. The van der Waals surface area contributed by atoms with Crippen LogP contribution in [0.2, 0.25) is 0 Å². The molecule has 2 unspecified atom stereocenters. The van der Waals surface area contributed by atoms with Crippen LogP contribution in [0, 0.1) is 13.8 Å². The summed E-state index contributed by atoms with van der Waals surface area (Å²) >= 11 is 0. The second-order valence-corrected chi connectivity index (χ2v) is 6.05. The minimum absolute atomic E-state index is 0.122. The zero-order valence-electron chi connectivity index (χ0n) is 12.7. The first-order valence-electron chi connectivity index (χ1n) is 7.55. The molecule has 1 amide bonds. The van der Waals surface area contributed by atoms with Crippen LogP contribution in [0.1, 0.15) is 54.1 Å². The lowest BCUT2D eigenvalue weighted by Gasteiger charge is -2.37. The van der Waals surface area contributed by atoms with Crippen LogP contribution in [0.15, 0.2) is 18.2 Å². The van der Waals surface area contributed by atoms with E-state index in [-0.39, 0.29) is 18.1 Å². The second-order valence-electron chi connectivity index (χ2n) is 6.05. The van der Waals surface area contributed by atoms with Gasteiger partial charge in [-0.25, -0.2) is 0 Å². The van der Waals surface area contributed by atoms with E-state index in [1.165, 1.54) is 0 Å². The number of aliphatic hydroxyl groups excluding tert-OH is 1. The predicted octanol–water partition coefficient (Wildman–Crippen LogP) is 3.07. The Morgan fingerprint density at radius 3 is 2.85 bits per heavy atom. The fourth-order valence-electron chi connectivity index (χ4n) is 3.03. The van der Waals surface area contributed by atoms with Crippen molar-refractivity contribution in [3.8, 4) is 0 Å². The number of piperidine rings is 1. The molecule has 1 heterocycles. The van der Waals surface area contributed by atoms with Crippen LogP contribution in [-0.4, -0.2) is 34.6 Å². The molecule has 0 bridgehead atoms. The van der Waals surface area contributed by atoms with E-state index in [0.717, 1.165) is 42.5 Å². The first-order chi connectivity index (χ1) is 9.49. The first kappa shape index (κ1) is 15.0. The molecule has 1 saturated heterocycles. The van der Waals surface area contributed by atoms with Crippen LogP contribution in [0.25, 0.3) is 0 Å². The molecule has 0 aromatic heterocycles. The molecule has 2 atom stereocenters. The lowest BCUT2D eigenvalue weighted by atomic mass is 9.95. The number of hydrogen-bond donors (Lipinski definition) is 1. The normalized spacial score (nSPS) is 20.8. The Morgan fingerprint density at radius 1 is 1.40 bits per heavy atom. The van der Waals surface area contributed by atoms with E-state index in [2.05, 4.69) is 0 Å². The van der Waals surface area contributed by atoms with Gasteiger partial charge in [-0.15, -0.1) is 0 Å². The van der Waals surface area contributed by atoms with Crippen molar-refractivity contribution >= 4 is 5.91 Å². The molecule has 0 saturated carbocycles. The van der Waals surface area contributed by atoms with Crippen molar-refractivity contribution < 1.29 is 9.90 Å². The molecule has 1 aliphatic heterocycles. The fraction of sp³-hybridized carbons (Fsp3) is 0.588. The number of carbonyl (C=O) groups excluding carboxylic acids is 1. The Kier molecular flexibility index (Phi) is 4.81. The number of aliphatic hydroxyl groups is 1. The standard InChI is InChI=1S/C17H25NO2/c1-12-7-8-13(2)16(10-12)17(20)18-9-5-4-6-15(18)11-14(3)19/h7-8,10,14-15,19H,4-6,9,11H2,1-3H3. The van der Waals surface area contributed by atoms with Crippen LogP contribution in [0.5, 0.6) is 0 Å². The number of nitrogens with zero attached hydrogens (tertiary/aromatic N) is 1. The third kappa shape index (κ3) is 3.40. The Labute approximate surface area is 121 Å². The van der Waals surface area contributed by atoms with E-state index in [4.69, 9.17) is 0 Å². The Bertz CT molecular complexity index is 482. The zero-order chi connectivity index (χ0) is 14.7. The van der Waals surface area contributed by atoms with Gasteiger partial charge in [-0.2, -0.15) is 0 Å². The molecule has 0 radical (unpaired) electrons. The van der Waals surface area contributed by atoms with Crippen molar-refractivity contribution in [2.45, 2.75) is 58.6 Å². The van der Waals surface area contributed by atoms with Crippen molar-refractivity contribution in [2.24, 2.45) is 0 Å². The largest absolute Gasteiger partial charge is 0.393 e. The first-order valence-corrected chi connectivity index (χ1v) is 7.55. The molecule has 1 N–H and O–H groups in total. The summed E-state index contributed by atoms with van der Waals surface area (Å²) in [6.45, 7) is 6.61. The van der Waals surface area contributed by atoms with Crippen molar-refractivity contribution in [1.29, 1.82) is 0 Å². The summed E-state index contributed by atoms with van der Waals surface area (Å²) in [6, 6.07) is 6.20. The maximum Gasteiger partial charge on any atom is 0.254 e. The molecular formula is C17H25NO2. The minimum atomic E-state index is -0.355. The average molecular weight is 275 g/mol. The maximum atomic E-state index is 12.8. The summed E-state index contributed by atoms with van der Waals surface area (Å²) < 4.78 is 0. The van der Waals surface area contributed by atoms with Crippen LogP contribution in [0.4, 0.5) is 0 Å². The van der Waals surface area contributed by atoms with E-state index in [0.29, 0.717) is 6.42 Å². The third-order valence-electron chi connectivity index (χ3n) is 4.12. The summed E-state index contributed by atoms with van der Waals surface area (Å²) in [5.74, 6) is 0.122. The molecule has 0 spiro atoms. The number of carbonyl (C=O) groups is 1. The van der Waals surface area contributed by atoms with Gasteiger partial charge in [-0.3, -0.25) is 4.79 Å². The van der Waals surface area contributed by atoms with Gasteiger partial charge in [0.05, 0.1) is 6.10 Å². The van der Waals surface area contributed by atoms with Crippen molar-refractivity contribution in [2.75, 3.05) is 6.54 Å². The van der Waals surface area contributed by atoms with E-state index < -0.39 is 0 Å². The summed E-state index contributed by atoms with van der Waals surface area (Å²) in [5.41, 5.74) is 2.95. The molecule has 1 aromatic rings. The molecule has 0 aliphatic carbocycles. The molecule has 1 fully saturated rings. The lowest BCUT2D eigenvalue weighted by Crippen LogP contribution is -2.45. The molecule has 110 valence electrons. The van der Waals surface area contributed by atoms with E-state index in [1.54, 1.807) is 6.92 Å². The molecule has 2 rings (SSSR count). The maximum absolute atomic E-state index is 12.8. The molecule has 1 aliphatic rings. The number of rotatable bonds is 3. The van der Waals surface area contributed by atoms with Gasteiger partial charge in [0.25, 0.3) is 5.91 Å². The minimum Gasteiger partial charge on any atom is -0.393 e. The van der Waals surface area contributed by atoms with Gasteiger partial charge >= 0.3 is 0 Å². The van der Waals surface area contributed by atoms with Crippen molar-refractivity contribution in [3.05, 3.63) is 34.9 Å². The van der Waals surface area contributed by atoms with Crippen LogP contribution >= 0.6 is 0 Å². The third-order valence-corrected chi connectivity index (χ3v) is 4.12. The number of likely N-dealkylation sites (tertiary alicyclic amines) is 1. The quantitative estimate of drug-likeness (QED) is 0.921. The Morgan fingerprint density at radius 2 is 2.15 bits per heavy atom. The van der Waals surface area contributed by atoms with Gasteiger partial charge in [0.15, 0.2) is 0 Å². The topological polar surface area (TPSA) is 40.5 Å². The highest BCUT2D eigenvalue weighted by atomic mass is 16.3. The van der Waals surface area contributed by atoms with Gasteiger partial charge in [-0.05, 0) is 58.1 Å². The Hall–Kier alpha value is -1.35. The summed E-state index contributed by atoms with van der Waals surface area (Å²) in [6.07, 6.45) is 3.53. The van der Waals surface area contributed by atoms with Gasteiger partial charge in [0.1, 0.15) is 0 Å². The van der Waals surface area contributed by atoms with Gasteiger partial charge in [0, 0.05) is 18.2 Å². The molecule has 3 heteroatoms. The smallest absolute Gasteiger partial charge is 0.254 e. The highest BCUT2D eigenvalue weighted by Gasteiger charge is 2.28. The summed E-state index contributed by atoms with van der Waals surface area (Å²) in [4.78, 5) is 14.8. The van der Waals surface area contributed by atoms with Crippen molar-refractivity contribution in [3.63, 3.8) is 0 Å². The highest BCUT2D eigenvalue weighted by molar-refractivity contribution is 5.96. The van der Waals surface area contributed by atoms with Crippen LogP contribution in [0.3, 0.4) is 0 Å². The van der Waals surface area contributed by atoms with Gasteiger partial charge in [0.2, 0.25) is 0 Å². The van der Waals surface area contributed by atoms with E-state index in [9.17, 15) is 9.90 Å². The molecule has 1 aromatic carbocycles. The van der Waals surface area contributed by atoms with E-state index in [1.807, 2.05) is 36.9 Å². The molecule has 3 nitrogen and oxygen atoms in total. The second kappa shape index (κ2) is 6.40. The SMILES string of the molecule is Cc1ccc(C)c(C(=O)N2CCCCC2CC(C)O)c1. The van der Waals surface area contributed by atoms with Gasteiger partial charge < -0.3 is 10.0 Å². The monoisotopic (exact) mass is 275 g/mol. The number of benzene rings is 1. The summed E-state index contributed by atoms with van der Waals surface area (Å²) in [7, 11) is 0. The Balaban J connectivity index is 2.23. The van der Waals surface area contributed by atoms with Crippen LogP contribution in [-0.2, 0) is 0 Å². The van der Waals surface area contributed by atoms with Crippen molar-refractivity contribution in [1.82, 2.24) is 4.90 Å². The average Bonchev–Trinajstić information content (AvgIpc) is 2.41. The predicted molar refractivity (Wildman–Crippen MR) is 80.9 cm³/mol. The van der Waals surface area contributed by atoms with Crippen LogP contribution < -0.4 is 0 Å². The number of aryl methyl sites for hydroxylation is 2. The summed E-state index contributed by atoms with van der Waals surface area (Å²) in [5, 5.41) is 9.64. The molecular weight excluding hydrogens is 250 g/mol. The highest BCUT2D eigenvalue weighted by Crippen LogP contribution is 2.24. The lowest BCUT2D eigenvalue weighted by molar-refractivity contribution is 0.0514. The zero-order valence-corrected chi connectivity index (χ0v) is 12.7. The molecule has 20 heavy (non-hydrogen) atoms.